The third kappa shape index (κ3) is 2.19. The molecule has 102 valence electrons. The minimum Gasteiger partial charge on any atom is -0.398 e. The van der Waals surface area contributed by atoms with E-state index >= 15 is 0 Å². The number of fused-ring (bicyclic) bond motifs is 2. The van der Waals surface area contributed by atoms with E-state index < -0.39 is 6.29 Å². The van der Waals surface area contributed by atoms with Gasteiger partial charge in [-0.25, -0.2) is 4.98 Å². The van der Waals surface area contributed by atoms with Gasteiger partial charge < -0.3 is 15.9 Å². The average molecular weight is 268 g/mol. The van der Waals surface area contributed by atoms with Crippen LogP contribution in [0.4, 0.5) is 5.69 Å². The molecule has 1 aromatic heterocycles. The molecule has 0 aliphatic heterocycles. The van der Waals surface area contributed by atoms with E-state index in [1.807, 2.05) is 42.5 Å². The number of nitrogens with two attached hydrogens (primary N) is 1. The van der Waals surface area contributed by atoms with Crippen molar-refractivity contribution in [1.82, 2.24) is 4.98 Å². The van der Waals surface area contributed by atoms with Crippen molar-refractivity contribution in [3.63, 3.8) is 0 Å². The molecule has 0 aliphatic carbocycles. The Labute approximate surface area is 116 Å². The van der Waals surface area contributed by atoms with Crippen LogP contribution in [0.5, 0.6) is 0 Å². The fourth-order valence-corrected chi connectivity index (χ4v) is 2.55. The van der Waals surface area contributed by atoms with E-state index in [4.69, 9.17) is 15.9 Å². The van der Waals surface area contributed by atoms with Crippen molar-refractivity contribution in [1.29, 1.82) is 0 Å². The van der Waals surface area contributed by atoms with E-state index in [9.17, 15) is 0 Å². The van der Waals surface area contributed by atoms with Gasteiger partial charge in [-0.3, -0.25) is 0 Å². The molecule has 0 fully saturated rings. The molecule has 0 spiro atoms. The van der Waals surface area contributed by atoms with E-state index in [0.29, 0.717) is 12.1 Å². The van der Waals surface area contributed by atoms with Crippen molar-refractivity contribution in [3.05, 3.63) is 48.0 Å². The highest BCUT2D eigenvalue weighted by Gasteiger charge is 2.10. The number of nitrogens with zero attached hydrogens (tertiary/aromatic N) is 1. The molecule has 4 N–H and O–H groups in total. The third-order valence-electron chi connectivity index (χ3n) is 3.51. The van der Waals surface area contributed by atoms with Gasteiger partial charge in [-0.1, -0.05) is 30.3 Å². The summed E-state index contributed by atoms with van der Waals surface area (Å²) in [6.45, 7) is 0. The molecule has 2 aromatic carbocycles. The number of pyridine rings is 1. The lowest BCUT2D eigenvalue weighted by atomic mass is 10.00. The van der Waals surface area contributed by atoms with Crippen LogP contribution in [-0.2, 0) is 6.42 Å². The second-order valence-corrected chi connectivity index (χ2v) is 4.87. The molecule has 0 amide bonds. The maximum atomic E-state index is 9.04. The highest BCUT2D eigenvalue weighted by atomic mass is 16.5. The Morgan fingerprint density at radius 2 is 1.75 bits per heavy atom. The standard InChI is InChI=1S/C16H16N2O2/c17-16-11-5-1-2-6-12(11)18-13-7-3-4-10(15(13)16)8-9-14(19)20/h1-7,14,19-20H,8-9H2,(H2,17,18). The molecule has 0 saturated heterocycles. The zero-order valence-electron chi connectivity index (χ0n) is 11.0. The second-order valence-electron chi connectivity index (χ2n) is 4.87. The molecule has 0 radical (unpaired) electrons. The highest BCUT2D eigenvalue weighted by molar-refractivity contribution is 6.07. The number of hydrogen-bond donors (Lipinski definition) is 3. The van der Waals surface area contributed by atoms with Gasteiger partial charge in [0, 0.05) is 17.2 Å². The fraction of sp³-hybridized carbons (Fsp3) is 0.188. The number of aromatic nitrogens is 1. The number of hydrogen-bond acceptors (Lipinski definition) is 4. The maximum Gasteiger partial charge on any atom is 0.151 e. The second kappa shape index (κ2) is 5.07. The Hall–Kier alpha value is -2.17. The van der Waals surface area contributed by atoms with Crippen LogP contribution in [0.25, 0.3) is 21.8 Å². The highest BCUT2D eigenvalue weighted by Crippen LogP contribution is 2.31. The normalized spacial score (nSPS) is 11.6. The summed E-state index contributed by atoms with van der Waals surface area (Å²) in [5.41, 5.74) is 9.70. The van der Waals surface area contributed by atoms with Crippen LogP contribution in [0.15, 0.2) is 42.5 Å². The predicted molar refractivity (Wildman–Crippen MR) is 80.2 cm³/mol. The van der Waals surface area contributed by atoms with Gasteiger partial charge in [0.2, 0.25) is 0 Å². The monoisotopic (exact) mass is 268 g/mol. The number of rotatable bonds is 3. The Kier molecular flexibility index (Phi) is 3.26. The van der Waals surface area contributed by atoms with Gasteiger partial charge in [0.25, 0.3) is 0 Å². The van der Waals surface area contributed by atoms with E-state index in [1.165, 1.54) is 0 Å². The van der Waals surface area contributed by atoms with Crippen molar-refractivity contribution in [3.8, 4) is 0 Å². The van der Waals surface area contributed by atoms with Crippen molar-refractivity contribution >= 4 is 27.5 Å². The molecule has 0 unspecified atom stereocenters. The largest absolute Gasteiger partial charge is 0.398 e. The summed E-state index contributed by atoms with van der Waals surface area (Å²) in [7, 11) is 0. The summed E-state index contributed by atoms with van der Waals surface area (Å²) in [6.07, 6.45) is -0.468. The lowest BCUT2D eigenvalue weighted by Crippen LogP contribution is -2.06. The summed E-state index contributed by atoms with van der Waals surface area (Å²) >= 11 is 0. The van der Waals surface area contributed by atoms with Gasteiger partial charge in [-0.15, -0.1) is 0 Å². The van der Waals surface area contributed by atoms with Gasteiger partial charge in [0.1, 0.15) is 0 Å². The first kappa shape index (κ1) is 12.8. The Morgan fingerprint density at radius 1 is 1.00 bits per heavy atom. The van der Waals surface area contributed by atoms with Crippen LogP contribution in [0.1, 0.15) is 12.0 Å². The zero-order chi connectivity index (χ0) is 14.1. The van der Waals surface area contributed by atoms with Crippen molar-refractivity contribution in [2.75, 3.05) is 5.73 Å². The van der Waals surface area contributed by atoms with E-state index in [-0.39, 0.29) is 6.42 Å². The number of nitrogen functional groups attached to an aromatic ring is 1. The van der Waals surface area contributed by atoms with Gasteiger partial charge in [-0.05, 0) is 24.1 Å². The Morgan fingerprint density at radius 3 is 2.55 bits per heavy atom. The van der Waals surface area contributed by atoms with Crippen LogP contribution < -0.4 is 5.73 Å². The van der Waals surface area contributed by atoms with Gasteiger partial charge in [0.15, 0.2) is 6.29 Å². The molecule has 4 heteroatoms. The molecular weight excluding hydrogens is 252 g/mol. The summed E-state index contributed by atoms with van der Waals surface area (Å²) in [6, 6.07) is 13.6. The molecule has 1 heterocycles. The summed E-state index contributed by atoms with van der Waals surface area (Å²) in [5.74, 6) is 0. The first-order chi connectivity index (χ1) is 9.66. The molecule has 4 nitrogen and oxygen atoms in total. The van der Waals surface area contributed by atoms with Crippen LogP contribution in [0.3, 0.4) is 0 Å². The van der Waals surface area contributed by atoms with Gasteiger partial charge in [-0.2, -0.15) is 0 Å². The Bertz CT molecular complexity index is 769. The van der Waals surface area contributed by atoms with Crippen LogP contribution in [0, 0.1) is 0 Å². The molecule has 3 aromatic rings. The first-order valence-electron chi connectivity index (χ1n) is 6.59. The molecule has 3 rings (SSSR count). The van der Waals surface area contributed by atoms with Crippen molar-refractivity contribution in [2.24, 2.45) is 0 Å². The van der Waals surface area contributed by atoms with Crippen LogP contribution in [-0.4, -0.2) is 21.5 Å². The van der Waals surface area contributed by atoms with Gasteiger partial charge in [0.05, 0.1) is 16.7 Å². The van der Waals surface area contributed by atoms with Crippen molar-refractivity contribution in [2.45, 2.75) is 19.1 Å². The van der Waals surface area contributed by atoms with Crippen LogP contribution >= 0.6 is 0 Å². The molecule has 20 heavy (non-hydrogen) atoms. The van der Waals surface area contributed by atoms with Gasteiger partial charge >= 0.3 is 0 Å². The van der Waals surface area contributed by atoms with Crippen LogP contribution in [0.2, 0.25) is 0 Å². The smallest absolute Gasteiger partial charge is 0.151 e. The Balaban J connectivity index is 2.24. The summed E-state index contributed by atoms with van der Waals surface area (Å²) in [4.78, 5) is 4.62. The molecular formula is C16H16N2O2. The minimum absolute atomic E-state index is 0.283. The van der Waals surface area contributed by atoms with E-state index in [0.717, 1.165) is 27.4 Å². The summed E-state index contributed by atoms with van der Waals surface area (Å²) in [5, 5.41) is 19.9. The lowest BCUT2D eigenvalue weighted by molar-refractivity contribution is -0.0446. The predicted octanol–water partition coefficient (Wildman–Crippen LogP) is 2.21. The number of aliphatic hydroxyl groups excluding tert-OH is 1. The quantitative estimate of drug-likeness (QED) is 0.502. The third-order valence-corrected chi connectivity index (χ3v) is 3.51. The maximum absolute atomic E-state index is 9.04. The van der Waals surface area contributed by atoms with E-state index in [1.54, 1.807) is 0 Å². The topological polar surface area (TPSA) is 79.4 Å². The zero-order valence-corrected chi connectivity index (χ0v) is 11.0. The fourth-order valence-electron chi connectivity index (χ4n) is 2.55. The number of para-hydroxylation sites is 1. The average Bonchev–Trinajstić information content (AvgIpc) is 2.45. The minimum atomic E-state index is -1.31. The van der Waals surface area contributed by atoms with Crippen molar-refractivity contribution < 1.29 is 10.2 Å². The lowest BCUT2D eigenvalue weighted by Gasteiger charge is -2.11. The number of anilines is 1. The molecule has 0 atom stereocenters. The number of aryl methyl sites for hydroxylation is 1. The molecule has 0 saturated carbocycles. The SMILES string of the molecule is Nc1c2ccccc2nc2cccc(CCC(O)O)c12. The molecule has 0 bridgehead atoms. The van der Waals surface area contributed by atoms with E-state index in [2.05, 4.69) is 4.98 Å². The molecule has 0 aliphatic rings. The number of aliphatic hydroxyl groups is 2. The first-order valence-corrected chi connectivity index (χ1v) is 6.59. The number of benzene rings is 2. The summed E-state index contributed by atoms with van der Waals surface area (Å²) < 4.78 is 0.